The lowest BCUT2D eigenvalue weighted by Gasteiger charge is -2.12. The number of aryl methyl sites for hydroxylation is 3. The van der Waals surface area contributed by atoms with E-state index in [1.807, 2.05) is 0 Å². The summed E-state index contributed by atoms with van der Waals surface area (Å²) >= 11 is 0. The van der Waals surface area contributed by atoms with Gasteiger partial charge < -0.3 is 10.1 Å². The Bertz CT molecular complexity index is 1280. The topological polar surface area (TPSA) is 81.9 Å². The lowest BCUT2D eigenvalue weighted by atomic mass is 10.1. The van der Waals surface area contributed by atoms with Crippen molar-refractivity contribution < 1.29 is 18.3 Å². The second-order valence-corrected chi connectivity index (χ2v) is 7.08. The molecule has 2 aromatic carbocycles. The van der Waals surface area contributed by atoms with Crippen molar-refractivity contribution in [2.24, 2.45) is 7.05 Å². The minimum Gasteiger partial charge on any atom is -0.421 e. The van der Waals surface area contributed by atoms with E-state index in [2.05, 4.69) is 20.4 Å². The van der Waals surface area contributed by atoms with Gasteiger partial charge in [0.05, 0.1) is 22.8 Å². The van der Waals surface area contributed by atoms with Crippen molar-refractivity contribution in [3.63, 3.8) is 0 Å². The predicted molar refractivity (Wildman–Crippen MR) is 115 cm³/mol. The summed E-state index contributed by atoms with van der Waals surface area (Å²) < 4.78 is 33.9. The number of carbonyl (C=O) groups is 1. The smallest absolute Gasteiger partial charge is 0.322 e. The van der Waals surface area contributed by atoms with Crippen LogP contribution in [0, 0.1) is 25.5 Å². The molecule has 162 valence electrons. The van der Waals surface area contributed by atoms with E-state index in [1.165, 1.54) is 28.9 Å². The molecule has 0 spiro atoms. The number of carbonyl (C=O) groups excluding carboxylic acids is 1. The minimum absolute atomic E-state index is 0.00583. The first-order valence-corrected chi connectivity index (χ1v) is 9.71. The Morgan fingerprint density at radius 1 is 1.00 bits per heavy atom. The fraction of sp³-hybridized carbons (Fsp3) is 0.130. The van der Waals surface area contributed by atoms with Gasteiger partial charge in [0, 0.05) is 12.6 Å². The number of halogens is 2. The molecule has 0 saturated carbocycles. The first kappa shape index (κ1) is 21.1. The Hall–Kier alpha value is -4.14. The summed E-state index contributed by atoms with van der Waals surface area (Å²) in [5, 5.41) is 7.13. The number of amides is 1. The maximum Gasteiger partial charge on any atom is 0.322 e. The second-order valence-electron chi connectivity index (χ2n) is 7.08. The van der Waals surface area contributed by atoms with E-state index in [0.29, 0.717) is 34.0 Å². The van der Waals surface area contributed by atoms with E-state index < -0.39 is 11.7 Å². The molecule has 0 bridgehead atoms. The zero-order valence-corrected chi connectivity index (χ0v) is 17.6. The van der Waals surface area contributed by atoms with E-state index in [0.717, 1.165) is 0 Å². The van der Waals surface area contributed by atoms with Crippen molar-refractivity contribution in [2.45, 2.75) is 13.8 Å². The van der Waals surface area contributed by atoms with Crippen molar-refractivity contribution in [1.29, 1.82) is 0 Å². The predicted octanol–water partition coefficient (Wildman–Crippen LogP) is 4.82. The van der Waals surface area contributed by atoms with Gasteiger partial charge >= 0.3 is 6.01 Å². The van der Waals surface area contributed by atoms with Crippen LogP contribution >= 0.6 is 0 Å². The number of nitrogens with one attached hydrogen (secondary N) is 1. The van der Waals surface area contributed by atoms with Crippen LogP contribution in [-0.2, 0) is 7.05 Å². The third-order valence-electron chi connectivity index (χ3n) is 4.78. The highest BCUT2D eigenvalue weighted by Crippen LogP contribution is 2.26. The molecule has 32 heavy (non-hydrogen) atoms. The molecular weight excluding hydrogens is 416 g/mol. The minimum atomic E-state index is -0.531. The first-order valence-electron chi connectivity index (χ1n) is 9.71. The number of hydrogen-bond acceptors (Lipinski definition) is 5. The van der Waals surface area contributed by atoms with Gasteiger partial charge in [-0.05, 0) is 56.3 Å². The molecule has 2 heterocycles. The number of hydrogen-bond donors (Lipinski definition) is 1. The number of aromatic nitrogens is 4. The fourth-order valence-corrected chi connectivity index (χ4v) is 3.16. The van der Waals surface area contributed by atoms with Gasteiger partial charge in [-0.3, -0.25) is 9.48 Å². The number of anilines is 1. The van der Waals surface area contributed by atoms with Gasteiger partial charge in [-0.25, -0.2) is 8.78 Å². The SMILES string of the molecule is Cc1nc(Oc2ccccc2F)nc(C)c1NC(=O)c1cc(-c2ccc(F)cc2)nn1C. The van der Waals surface area contributed by atoms with Gasteiger partial charge in [-0.15, -0.1) is 0 Å². The van der Waals surface area contributed by atoms with Gasteiger partial charge in [-0.2, -0.15) is 15.1 Å². The average Bonchev–Trinajstić information content (AvgIpc) is 3.14. The summed E-state index contributed by atoms with van der Waals surface area (Å²) in [7, 11) is 1.64. The molecule has 0 radical (unpaired) electrons. The second kappa shape index (κ2) is 8.54. The zero-order chi connectivity index (χ0) is 22.8. The van der Waals surface area contributed by atoms with Gasteiger partial charge in [0.1, 0.15) is 11.5 Å². The molecule has 0 aliphatic rings. The molecule has 1 amide bonds. The maximum atomic E-state index is 13.8. The Morgan fingerprint density at radius 3 is 2.31 bits per heavy atom. The Balaban J connectivity index is 1.56. The lowest BCUT2D eigenvalue weighted by Crippen LogP contribution is -2.18. The van der Waals surface area contributed by atoms with E-state index in [9.17, 15) is 13.6 Å². The van der Waals surface area contributed by atoms with E-state index in [4.69, 9.17) is 4.74 Å². The van der Waals surface area contributed by atoms with Crippen LogP contribution in [0.1, 0.15) is 21.9 Å². The molecular formula is C23H19F2N5O2. The molecule has 1 N–H and O–H groups in total. The number of para-hydroxylation sites is 1. The summed E-state index contributed by atoms with van der Waals surface area (Å²) in [6.45, 7) is 3.37. The highest BCUT2D eigenvalue weighted by Gasteiger charge is 2.18. The standard InChI is InChI=1S/C23H19F2N5O2/c1-13-21(14(2)27-23(26-13)32-20-7-5-4-6-17(20)25)28-22(31)19-12-18(29-30(19)3)15-8-10-16(24)11-9-15/h4-12H,1-3H3,(H,28,31). The van der Waals surface area contributed by atoms with Crippen LogP contribution in [-0.4, -0.2) is 25.7 Å². The van der Waals surface area contributed by atoms with Crippen molar-refractivity contribution in [2.75, 3.05) is 5.32 Å². The number of nitrogens with zero attached hydrogens (tertiary/aromatic N) is 4. The molecule has 0 saturated heterocycles. The molecule has 9 heteroatoms. The van der Waals surface area contributed by atoms with E-state index in [-0.39, 0.29) is 17.6 Å². The van der Waals surface area contributed by atoms with Gasteiger partial charge in [0.25, 0.3) is 5.91 Å². The van der Waals surface area contributed by atoms with Crippen molar-refractivity contribution in [3.05, 3.63) is 83.3 Å². The van der Waals surface area contributed by atoms with Crippen LogP contribution in [0.5, 0.6) is 11.8 Å². The third kappa shape index (κ3) is 4.31. The first-order chi connectivity index (χ1) is 15.3. The molecule has 4 rings (SSSR count). The number of benzene rings is 2. The molecule has 7 nitrogen and oxygen atoms in total. The quantitative estimate of drug-likeness (QED) is 0.486. The van der Waals surface area contributed by atoms with Crippen LogP contribution in [0.3, 0.4) is 0 Å². The Kier molecular flexibility index (Phi) is 5.63. The highest BCUT2D eigenvalue weighted by atomic mass is 19.1. The third-order valence-corrected chi connectivity index (χ3v) is 4.78. The summed E-state index contributed by atoms with van der Waals surface area (Å²) in [6.07, 6.45) is 0. The number of ether oxygens (including phenoxy) is 1. The summed E-state index contributed by atoms with van der Waals surface area (Å²) in [6, 6.07) is 13.4. The summed E-state index contributed by atoms with van der Waals surface area (Å²) in [4.78, 5) is 21.3. The van der Waals surface area contributed by atoms with E-state index in [1.54, 1.807) is 51.2 Å². The lowest BCUT2D eigenvalue weighted by molar-refractivity contribution is 0.101. The Labute approximate surface area is 182 Å². The van der Waals surface area contributed by atoms with Gasteiger partial charge in [-0.1, -0.05) is 12.1 Å². The van der Waals surface area contributed by atoms with Gasteiger partial charge in [0.2, 0.25) is 0 Å². The van der Waals surface area contributed by atoms with Crippen LogP contribution in [0.2, 0.25) is 0 Å². The van der Waals surface area contributed by atoms with Crippen molar-refractivity contribution >= 4 is 11.6 Å². The molecule has 0 aliphatic carbocycles. The molecule has 0 unspecified atom stereocenters. The normalized spacial score (nSPS) is 10.8. The monoisotopic (exact) mass is 435 g/mol. The molecule has 4 aromatic rings. The maximum absolute atomic E-state index is 13.8. The zero-order valence-electron chi connectivity index (χ0n) is 17.6. The molecule has 0 aliphatic heterocycles. The fourth-order valence-electron chi connectivity index (χ4n) is 3.16. The van der Waals surface area contributed by atoms with Crippen LogP contribution < -0.4 is 10.1 Å². The van der Waals surface area contributed by atoms with Crippen molar-refractivity contribution in [1.82, 2.24) is 19.7 Å². The molecule has 0 atom stereocenters. The summed E-state index contributed by atoms with van der Waals surface area (Å²) in [5.74, 6) is -1.29. The Morgan fingerprint density at radius 2 is 1.66 bits per heavy atom. The summed E-state index contributed by atoms with van der Waals surface area (Å²) in [5.41, 5.74) is 2.86. The number of rotatable bonds is 5. The van der Waals surface area contributed by atoms with E-state index >= 15 is 0 Å². The highest BCUT2D eigenvalue weighted by molar-refractivity contribution is 6.04. The van der Waals surface area contributed by atoms with Crippen LogP contribution in [0.15, 0.2) is 54.6 Å². The average molecular weight is 435 g/mol. The largest absolute Gasteiger partial charge is 0.421 e. The molecule has 0 fully saturated rings. The van der Waals surface area contributed by atoms with Gasteiger partial charge in [0.15, 0.2) is 11.6 Å². The van der Waals surface area contributed by atoms with Crippen LogP contribution in [0.25, 0.3) is 11.3 Å². The molecule has 2 aromatic heterocycles. The van der Waals surface area contributed by atoms with Crippen LogP contribution in [0.4, 0.5) is 14.5 Å². The van der Waals surface area contributed by atoms with Crippen molar-refractivity contribution in [3.8, 4) is 23.0 Å².